The molecule has 0 aliphatic heterocycles. The molecule has 3 heteroatoms. The number of carbonyl (C=O) groups is 1. The summed E-state index contributed by atoms with van der Waals surface area (Å²) in [7, 11) is 1.57. The van der Waals surface area contributed by atoms with Crippen LogP contribution >= 0.6 is 0 Å². The molecule has 0 saturated carbocycles. The molecular formula is C14H15NO2. The second-order valence-corrected chi connectivity index (χ2v) is 3.90. The van der Waals surface area contributed by atoms with E-state index in [1.165, 1.54) is 0 Å². The molecule has 1 atom stereocenters. The molecule has 1 aromatic heterocycles. The maximum Gasteiger partial charge on any atom is 0.192 e. The van der Waals surface area contributed by atoms with Crippen LogP contribution in [-0.2, 0) is 4.74 Å². The second-order valence-electron chi connectivity index (χ2n) is 3.90. The van der Waals surface area contributed by atoms with E-state index in [1.54, 1.807) is 19.5 Å². The molecule has 0 aliphatic carbocycles. The van der Waals surface area contributed by atoms with Crippen molar-refractivity contribution in [1.82, 2.24) is 4.98 Å². The molecule has 1 unspecified atom stereocenters. The van der Waals surface area contributed by atoms with E-state index in [4.69, 9.17) is 4.74 Å². The first-order chi connectivity index (χ1) is 8.27. The highest BCUT2D eigenvalue weighted by molar-refractivity contribution is 6.09. The Morgan fingerprint density at radius 3 is 2.94 bits per heavy atom. The Morgan fingerprint density at radius 1 is 1.41 bits per heavy atom. The van der Waals surface area contributed by atoms with E-state index in [1.807, 2.05) is 31.2 Å². The van der Waals surface area contributed by atoms with Crippen molar-refractivity contribution in [2.75, 3.05) is 7.11 Å². The molecule has 1 aromatic carbocycles. The Bertz CT molecular complexity index is 527. The van der Waals surface area contributed by atoms with Crippen LogP contribution in [0.5, 0.6) is 0 Å². The van der Waals surface area contributed by atoms with Crippen molar-refractivity contribution < 1.29 is 9.53 Å². The number of nitrogens with zero attached hydrogens (tertiary/aromatic N) is 1. The highest BCUT2D eigenvalue weighted by atomic mass is 16.5. The number of ketones is 1. The molecule has 17 heavy (non-hydrogen) atoms. The van der Waals surface area contributed by atoms with Gasteiger partial charge in [0.25, 0.3) is 0 Å². The van der Waals surface area contributed by atoms with Crippen molar-refractivity contribution in [3.8, 4) is 0 Å². The number of carbonyl (C=O) groups excluding carboxylic acids is 1. The van der Waals surface area contributed by atoms with Gasteiger partial charge in [-0.2, -0.15) is 0 Å². The maximum atomic E-state index is 12.3. The minimum absolute atomic E-state index is 0.0341. The van der Waals surface area contributed by atoms with Gasteiger partial charge in [-0.15, -0.1) is 0 Å². The molecule has 2 rings (SSSR count). The van der Waals surface area contributed by atoms with Crippen molar-refractivity contribution in [2.45, 2.75) is 19.4 Å². The largest absolute Gasteiger partial charge is 0.373 e. The van der Waals surface area contributed by atoms with E-state index in [2.05, 4.69) is 4.98 Å². The third kappa shape index (κ3) is 2.19. The SMILES string of the molecule is CCC(OC)C(=O)c1cccc2cnccc12. The molecule has 88 valence electrons. The Labute approximate surface area is 100 Å². The fourth-order valence-electron chi connectivity index (χ4n) is 1.97. The third-order valence-electron chi connectivity index (χ3n) is 2.89. The van der Waals surface area contributed by atoms with Gasteiger partial charge in [0.15, 0.2) is 5.78 Å². The van der Waals surface area contributed by atoms with Gasteiger partial charge in [0.2, 0.25) is 0 Å². The Morgan fingerprint density at radius 2 is 2.24 bits per heavy atom. The normalized spacial score (nSPS) is 12.6. The van der Waals surface area contributed by atoms with Crippen molar-refractivity contribution in [2.24, 2.45) is 0 Å². The van der Waals surface area contributed by atoms with E-state index in [-0.39, 0.29) is 11.9 Å². The summed E-state index contributed by atoms with van der Waals surface area (Å²) in [4.78, 5) is 16.3. The van der Waals surface area contributed by atoms with Gasteiger partial charge in [0, 0.05) is 30.5 Å². The van der Waals surface area contributed by atoms with Gasteiger partial charge >= 0.3 is 0 Å². The summed E-state index contributed by atoms with van der Waals surface area (Å²) < 4.78 is 5.20. The van der Waals surface area contributed by atoms with Crippen LogP contribution in [0.15, 0.2) is 36.7 Å². The minimum atomic E-state index is -0.367. The van der Waals surface area contributed by atoms with Gasteiger partial charge in [-0.3, -0.25) is 9.78 Å². The molecule has 0 amide bonds. The number of hydrogen-bond acceptors (Lipinski definition) is 3. The fourth-order valence-corrected chi connectivity index (χ4v) is 1.97. The Kier molecular flexibility index (Phi) is 3.49. The summed E-state index contributed by atoms with van der Waals surface area (Å²) in [6, 6.07) is 7.53. The molecule has 0 radical (unpaired) electrons. The van der Waals surface area contributed by atoms with Crippen LogP contribution in [0.25, 0.3) is 10.8 Å². The summed E-state index contributed by atoms with van der Waals surface area (Å²) in [5.41, 5.74) is 0.707. The van der Waals surface area contributed by atoms with Gasteiger partial charge in [-0.25, -0.2) is 0 Å². The van der Waals surface area contributed by atoms with Crippen molar-refractivity contribution in [1.29, 1.82) is 0 Å². The lowest BCUT2D eigenvalue weighted by atomic mass is 9.99. The zero-order valence-electron chi connectivity index (χ0n) is 10.0. The zero-order chi connectivity index (χ0) is 12.3. The van der Waals surface area contributed by atoms with E-state index in [9.17, 15) is 4.79 Å². The van der Waals surface area contributed by atoms with Crippen LogP contribution in [0, 0.1) is 0 Å². The summed E-state index contributed by atoms with van der Waals surface area (Å²) in [5.74, 6) is 0.0341. The number of fused-ring (bicyclic) bond motifs is 1. The van der Waals surface area contributed by atoms with Gasteiger partial charge in [-0.05, 0) is 17.9 Å². The van der Waals surface area contributed by atoms with Crippen molar-refractivity contribution >= 4 is 16.6 Å². The lowest BCUT2D eigenvalue weighted by Crippen LogP contribution is -2.22. The van der Waals surface area contributed by atoms with Crippen molar-refractivity contribution in [3.05, 3.63) is 42.2 Å². The highest BCUT2D eigenvalue weighted by Crippen LogP contribution is 2.20. The fraction of sp³-hybridized carbons (Fsp3) is 0.286. The van der Waals surface area contributed by atoms with Gasteiger partial charge < -0.3 is 4.74 Å². The number of Topliss-reactive ketones (excluding diaryl/α,β-unsaturated/α-hetero) is 1. The van der Waals surface area contributed by atoms with Gasteiger partial charge in [-0.1, -0.05) is 25.1 Å². The molecule has 2 aromatic rings. The third-order valence-corrected chi connectivity index (χ3v) is 2.89. The summed E-state index contributed by atoms with van der Waals surface area (Å²) in [6.07, 6.45) is 3.78. The molecule has 0 fully saturated rings. The number of pyridine rings is 1. The maximum absolute atomic E-state index is 12.3. The van der Waals surface area contributed by atoms with Crippen LogP contribution in [0.3, 0.4) is 0 Å². The van der Waals surface area contributed by atoms with Crippen LogP contribution in [-0.4, -0.2) is 24.0 Å². The first-order valence-corrected chi connectivity index (χ1v) is 5.67. The Hall–Kier alpha value is -1.74. The number of methoxy groups -OCH3 is 1. The lowest BCUT2D eigenvalue weighted by Gasteiger charge is -2.13. The van der Waals surface area contributed by atoms with E-state index in [0.29, 0.717) is 12.0 Å². The average Bonchev–Trinajstić information content (AvgIpc) is 2.39. The minimum Gasteiger partial charge on any atom is -0.373 e. The molecule has 0 spiro atoms. The molecule has 3 nitrogen and oxygen atoms in total. The van der Waals surface area contributed by atoms with E-state index >= 15 is 0 Å². The topological polar surface area (TPSA) is 39.2 Å². The van der Waals surface area contributed by atoms with Crippen LogP contribution in [0.4, 0.5) is 0 Å². The predicted octanol–water partition coefficient (Wildman–Crippen LogP) is 2.84. The summed E-state index contributed by atoms with van der Waals surface area (Å²) in [6.45, 7) is 1.94. The number of rotatable bonds is 4. The average molecular weight is 229 g/mol. The second kappa shape index (κ2) is 5.06. The van der Waals surface area contributed by atoms with E-state index < -0.39 is 0 Å². The number of aromatic nitrogens is 1. The summed E-state index contributed by atoms with van der Waals surface area (Å²) in [5, 5.41) is 1.91. The van der Waals surface area contributed by atoms with Crippen LogP contribution < -0.4 is 0 Å². The van der Waals surface area contributed by atoms with Crippen LogP contribution in [0.2, 0.25) is 0 Å². The molecule has 1 heterocycles. The van der Waals surface area contributed by atoms with Crippen molar-refractivity contribution in [3.63, 3.8) is 0 Å². The zero-order valence-corrected chi connectivity index (χ0v) is 10.0. The summed E-state index contributed by atoms with van der Waals surface area (Å²) >= 11 is 0. The first kappa shape index (κ1) is 11.7. The first-order valence-electron chi connectivity index (χ1n) is 5.67. The van der Waals surface area contributed by atoms with Crippen LogP contribution in [0.1, 0.15) is 23.7 Å². The lowest BCUT2D eigenvalue weighted by molar-refractivity contribution is 0.0597. The monoisotopic (exact) mass is 229 g/mol. The highest BCUT2D eigenvalue weighted by Gasteiger charge is 2.19. The standard InChI is InChI=1S/C14H15NO2/c1-3-13(17-2)14(16)12-6-4-5-10-9-15-8-7-11(10)12/h4-9,13H,3H2,1-2H3. The smallest absolute Gasteiger partial charge is 0.192 e. The Balaban J connectivity index is 2.52. The van der Waals surface area contributed by atoms with Gasteiger partial charge in [0.1, 0.15) is 6.10 Å². The number of benzene rings is 1. The molecular weight excluding hydrogens is 214 g/mol. The predicted molar refractivity (Wildman–Crippen MR) is 67.2 cm³/mol. The number of ether oxygens (including phenoxy) is 1. The molecule has 0 N–H and O–H groups in total. The number of hydrogen-bond donors (Lipinski definition) is 0. The van der Waals surface area contributed by atoms with Gasteiger partial charge in [0.05, 0.1) is 0 Å². The molecule has 0 saturated heterocycles. The molecule has 0 bridgehead atoms. The van der Waals surface area contributed by atoms with E-state index in [0.717, 1.165) is 10.8 Å². The quantitative estimate of drug-likeness (QED) is 0.757. The molecule has 0 aliphatic rings.